The van der Waals surface area contributed by atoms with Crippen molar-refractivity contribution < 1.29 is 0 Å². The van der Waals surface area contributed by atoms with Gasteiger partial charge in [0.1, 0.15) is 4.32 Å². The molecule has 0 spiro atoms. The molecule has 0 unspecified atom stereocenters. The van der Waals surface area contributed by atoms with Crippen LogP contribution in [0, 0.1) is 0 Å². The highest BCUT2D eigenvalue weighted by Gasteiger charge is 1.95. The summed E-state index contributed by atoms with van der Waals surface area (Å²) in [6.45, 7) is 0. The Kier molecular flexibility index (Phi) is 7.52. The molecule has 1 nitrogen and oxygen atoms in total. The standard InChI is InChI=1S/C5H10.C2H5NS2/c1-2-4-5-3-1;1-5-2(3)4/h1-5H2;1H3,(H2,3,4). The second kappa shape index (κ2) is 7.35. The van der Waals surface area contributed by atoms with E-state index in [1.54, 1.807) is 0 Å². The van der Waals surface area contributed by atoms with E-state index in [0.717, 1.165) is 0 Å². The first kappa shape index (κ1) is 10.2. The number of hydrogen-bond donors (Lipinski definition) is 1. The molecule has 1 aliphatic rings. The van der Waals surface area contributed by atoms with Crippen molar-refractivity contribution >= 4 is 28.3 Å². The third-order valence-electron chi connectivity index (χ3n) is 1.45. The van der Waals surface area contributed by atoms with Gasteiger partial charge in [-0.05, 0) is 6.26 Å². The summed E-state index contributed by atoms with van der Waals surface area (Å²) in [5, 5.41) is 0. The van der Waals surface area contributed by atoms with Gasteiger partial charge < -0.3 is 5.73 Å². The van der Waals surface area contributed by atoms with Gasteiger partial charge in [0.05, 0.1) is 0 Å². The second-order valence-electron chi connectivity index (χ2n) is 2.29. The van der Waals surface area contributed by atoms with Crippen molar-refractivity contribution in [2.75, 3.05) is 6.26 Å². The lowest BCUT2D eigenvalue weighted by Crippen LogP contribution is -1.98. The van der Waals surface area contributed by atoms with E-state index in [9.17, 15) is 0 Å². The summed E-state index contributed by atoms with van der Waals surface area (Å²) in [5.74, 6) is 0. The first-order chi connectivity index (χ1) is 4.77. The molecule has 0 atom stereocenters. The van der Waals surface area contributed by atoms with Crippen molar-refractivity contribution in [1.29, 1.82) is 0 Å². The SMILES string of the molecule is C1CCCC1.CSC(N)=S. The summed E-state index contributed by atoms with van der Waals surface area (Å²) >= 11 is 5.83. The van der Waals surface area contributed by atoms with Crippen LogP contribution in [0.2, 0.25) is 0 Å². The van der Waals surface area contributed by atoms with Crippen LogP contribution in [-0.4, -0.2) is 10.6 Å². The average molecular weight is 177 g/mol. The molecule has 10 heavy (non-hydrogen) atoms. The van der Waals surface area contributed by atoms with Crippen molar-refractivity contribution in [3.05, 3.63) is 0 Å². The normalized spacial score (nSPS) is 15.7. The molecule has 0 aliphatic heterocycles. The van der Waals surface area contributed by atoms with E-state index in [-0.39, 0.29) is 0 Å². The number of thioether (sulfide) groups is 1. The van der Waals surface area contributed by atoms with E-state index in [1.807, 2.05) is 6.26 Å². The van der Waals surface area contributed by atoms with Crippen LogP contribution in [0.3, 0.4) is 0 Å². The zero-order valence-electron chi connectivity index (χ0n) is 6.43. The molecule has 1 aliphatic carbocycles. The van der Waals surface area contributed by atoms with Crippen LogP contribution in [0.15, 0.2) is 0 Å². The summed E-state index contributed by atoms with van der Waals surface area (Å²) in [6.07, 6.45) is 9.35. The topological polar surface area (TPSA) is 26.0 Å². The third-order valence-corrected chi connectivity index (χ3v) is 2.35. The van der Waals surface area contributed by atoms with Gasteiger partial charge >= 0.3 is 0 Å². The van der Waals surface area contributed by atoms with E-state index in [1.165, 1.54) is 43.9 Å². The Labute approximate surface area is 72.8 Å². The maximum Gasteiger partial charge on any atom is 0.130 e. The van der Waals surface area contributed by atoms with Crippen LogP contribution in [0.1, 0.15) is 32.1 Å². The fourth-order valence-electron chi connectivity index (χ4n) is 0.884. The number of nitrogens with two attached hydrogens (primary N) is 1. The molecule has 0 saturated heterocycles. The van der Waals surface area contributed by atoms with Gasteiger partial charge in [0.2, 0.25) is 0 Å². The van der Waals surface area contributed by atoms with Gasteiger partial charge in [0.15, 0.2) is 0 Å². The highest BCUT2D eigenvalue weighted by molar-refractivity contribution is 8.22. The molecule has 3 heteroatoms. The van der Waals surface area contributed by atoms with E-state index >= 15 is 0 Å². The zero-order valence-corrected chi connectivity index (χ0v) is 8.06. The number of hydrogen-bond acceptors (Lipinski definition) is 2. The fraction of sp³-hybridized carbons (Fsp3) is 0.857. The zero-order chi connectivity index (χ0) is 7.82. The highest BCUT2D eigenvalue weighted by atomic mass is 32.2. The molecule has 0 aromatic rings. The van der Waals surface area contributed by atoms with E-state index in [4.69, 9.17) is 5.73 Å². The van der Waals surface area contributed by atoms with Crippen molar-refractivity contribution in [2.45, 2.75) is 32.1 Å². The monoisotopic (exact) mass is 177 g/mol. The Morgan fingerprint density at radius 1 is 1.20 bits per heavy atom. The van der Waals surface area contributed by atoms with Crippen molar-refractivity contribution in [3.63, 3.8) is 0 Å². The van der Waals surface area contributed by atoms with Gasteiger partial charge in [-0.3, -0.25) is 0 Å². The summed E-state index contributed by atoms with van der Waals surface area (Å²) in [6, 6.07) is 0. The Morgan fingerprint density at radius 3 is 1.50 bits per heavy atom. The maximum absolute atomic E-state index is 4.99. The lowest BCUT2D eigenvalue weighted by Gasteiger charge is -1.78. The van der Waals surface area contributed by atoms with Crippen LogP contribution in [0.5, 0.6) is 0 Å². The fourth-order valence-corrected chi connectivity index (χ4v) is 0.884. The molecular formula is C7H15NS2. The molecule has 0 radical (unpaired) electrons. The summed E-state index contributed by atoms with van der Waals surface area (Å²) in [5.41, 5.74) is 4.99. The van der Waals surface area contributed by atoms with E-state index in [2.05, 4.69) is 12.2 Å². The van der Waals surface area contributed by atoms with Crippen molar-refractivity contribution in [3.8, 4) is 0 Å². The lowest BCUT2D eigenvalue weighted by molar-refractivity contribution is 0.886. The van der Waals surface area contributed by atoms with Gasteiger partial charge in [0, 0.05) is 0 Å². The largest absolute Gasteiger partial charge is 0.385 e. The minimum atomic E-state index is 0.505. The predicted molar refractivity (Wildman–Crippen MR) is 53.4 cm³/mol. The molecule has 0 heterocycles. The Hall–Kier alpha value is 0.240. The van der Waals surface area contributed by atoms with Crippen molar-refractivity contribution in [2.24, 2.45) is 5.73 Å². The second-order valence-corrected chi connectivity index (χ2v) is 3.84. The first-order valence-electron chi connectivity index (χ1n) is 3.61. The summed E-state index contributed by atoms with van der Waals surface area (Å²) < 4.78 is 0.505. The third kappa shape index (κ3) is 8.24. The molecule has 0 bridgehead atoms. The molecule has 1 rings (SSSR count). The molecule has 0 aromatic carbocycles. The quantitative estimate of drug-likeness (QED) is 0.576. The molecule has 0 amide bonds. The van der Waals surface area contributed by atoms with Gasteiger partial charge in [-0.15, -0.1) is 11.8 Å². The van der Waals surface area contributed by atoms with Crippen molar-refractivity contribution in [1.82, 2.24) is 0 Å². The van der Waals surface area contributed by atoms with Crippen LogP contribution in [0.25, 0.3) is 0 Å². The van der Waals surface area contributed by atoms with E-state index in [0.29, 0.717) is 4.32 Å². The van der Waals surface area contributed by atoms with Gasteiger partial charge in [0.25, 0.3) is 0 Å². The summed E-state index contributed by atoms with van der Waals surface area (Å²) in [4.78, 5) is 0. The van der Waals surface area contributed by atoms with Crippen LogP contribution in [-0.2, 0) is 0 Å². The minimum Gasteiger partial charge on any atom is -0.385 e. The van der Waals surface area contributed by atoms with Gasteiger partial charge in [-0.1, -0.05) is 44.3 Å². The Morgan fingerprint density at radius 2 is 1.40 bits per heavy atom. The Balaban J connectivity index is 0.000000162. The molecule has 0 aromatic heterocycles. The van der Waals surface area contributed by atoms with Crippen LogP contribution < -0.4 is 5.73 Å². The van der Waals surface area contributed by atoms with Gasteiger partial charge in [-0.25, -0.2) is 0 Å². The number of thiocarbonyl (C=S) groups is 1. The molecule has 1 saturated carbocycles. The lowest BCUT2D eigenvalue weighted by atomic mass is 10.4. The van der Waals surface area contributed by atoms with Crippen LogP contribution in [0.4, 0.5) is 0 Å². The molecule has 2 N–H and O–H groups in total. The smallest absolute Gasteiger partial charge is 0.130 e. The predicted octanol–water partition coefficient (Wildman–Crippen LogP) is 2.54. The maximum atomic E-state index is 4.99. The molecular weight excluding hydrogens is 162 g/mol. The molecule has 1 fully saturated rings. The van der Waals surface area contributed by atoms with Crippen LogP contribution >= 0.6 is 24.0 Å². The summed E-state index contributed by atoms with van der Waals surface area (Å²) in [7, 11) is 0. The molecule has 60 valence electrons. The average Bonchev–Trinajstić information content (AvgIpc) is 2.43. The first-order valence-corrected chi connectivity index (χ1v) is 5.24. The Bertz CT molecular complexity index is 82.0. The van der Waals surface area contributed by atoms with Gasteiger partial charge in [-0.2, -0.15) is 0 Å². The number of rotatable bonds is 0. The minimum absolute atomic E-state index is 0.505. The van der Waals surface area contributed by atoms with E-state index < -0.39 is 0 Å². The highest BCUT2D eigenvalue weighted by Crippen LogP contribution is 2.15.